The fourth-order valence-electron chi connectivity index (χ4n) is 2.23. The van der Waals surface area contributed by atoms with Crippen molar-refractivity contribution in [3.8, 4) is 0 Å². The highest BCUT2D eigenvalue weighted by Gasteiger charge is 2.32. The molecular formula is C13H18N2O2. The van der Waals surface area contributed by atoms with Crippen LogP contribution < -0.4 is 5.32 Å². The third kappa shape index (κ3) is 2.42. The molecule has 1 aromatic carbocycles. The summed E-state index contributed by atoms with van der Waals surface area (Å²) in [5, 5.41) is 2.67. The number of carbonyl (C=O) groups excluding carboxylic acids is 1. The largest absolute Gasteiger partial charge is 0.370 e. The van der Waals surface area contributed by atoms with Crippen LogP contribution in [0.2, 0.25) is 0 Å². The number of hydrogen-bond acceptors (Lipinski definition) is 2. The first kappa shape index (κ1) is 11.9. The third-order valence-corrected chi connectivity index (χ3v) is 3.16. The minimum atomic E-state index is -0.0401. The SMILES string of the molecule is CNC(=O)N1CCOC(c2ccccc2)C1C. The smallest absolute Gasteiger partial charge is 0.317 e. The highest BCUT2D eigenvalue weighted by atomic mass is 16.5. The van der Waals surface area contributed by atoms with Crippen LogP contribution in [0.4, 0.5) is 4.79 Å². The third-order valence-electron chi connectivity index (χ3n) is 3.16. The van der Waals surface area contributed by atoms with Gasteiger partial charge in [-0.2, -0.15) is 0 Å². The van der Waals surface area contributed by atoms with Crippen LogP contribution in [0.5, 0.6) is 0 Å². The highest BCUT2D eigenvalue weighted by molar-refractivity contribution is 5.74. The van der Waals surface area contributed by atoms with E-state index in [0.29, 0.717) is 13.2 Å². The van der Waals surface area contributed by atoms with E-state index in [2.05, 4.69) is 5.32 Å². The molecule has 2 amide bonds. The van der Waals surface area contributed by atoms with Crippen molar-refractivity contribution in [2.75, 3.05) is 20.2 Å². The molecule has 92 valence electrons. The highest BCUT2D eigenvalue weighted by Crippen LogP contribution is 2.27. The van der Waals surface area contributed by atoms with Gasteiger partial charge in [0.2, 0.25) is 0 Å². The molecule has 1 aliphatic rings. The molecule has 2 atom stereocenters. The van der Waals surface area contributed by atoms with Crippen LogP contribution in [0.15, 0.2) is 30.3 Å². The van der Waals surface area contributed by atoms with E-state index in [9.17, 15) is 4.79 Å². The topological polar surface area (TPSA) is 41.6 Å². The molecule has 1 aliphatic heterocycles. The Morgan fingerprint density at radius 2 is 2.12 bits per heavy atom. The van der Waals surface area contributed by atoms with Gasteiger partial charge in [-0.1, -0.05) is 30.3 Å². The number of nitrogens with one attached hydrogen (secondary N) is 1. The van der Waals surface area contributed by atoms with E-state index in [1.807, 2.05) is 42.2 Å². The van der Waals surface area contributed by atoms with Gasteiger partial charge in [-0.05, 0) is 12.5 Å². The molecule has 0 saturated carbocycles. The zero-order valence-electron chi connectivity index (χ0n) is 10.2. The molecule has 0 aliphatic carbocycles. The Morgan fingerprint density at radius 1 is 1.41 bits per heavy atom. The monoisotopic (exact) mass is 234 g/mol. The Kier molecular flexibility index (Phi) is 3.64. The van der Waals surface area contributed by atoms with E-state index < -0.39 is 0 Å². The van der Waals surface area contributed by atoms with Crippen LogP contribution in [0, 0.1) is 0 Å². The lowest BCUT2D eigenvalue weighted by molar-refractivity contribution is -0.0495. The number of benzene rings is 1. The van der Waals surface area contributed by atoms with Crippen molar-refractivity contribution in [2.45, 2.75) is 19.1 Å². The van der Waals surface area contributed by atoms with E-state index in [-0.39, 0.29) is 18.2 Å². The molecule has 0 spiro atoms. The van der Waals surface area contributed by atoms with E-state index in [1.165, 1.54) is 0 Å². The second-order valence-electron chi connectivity index (χ2n) is 4.19. The molecule has 1 aromatic rings. The van der Waals surface area contributed by atoms with Gasteiger partial charge in [-0.25, -0.2) is 4.79 Å². The van der Waals surface area contributed by atoms with Crippen LogP contribution in [0.25, 0.3) is 0 Å². The molecule has 17 heavy (non-hydrogen) atoms. The Bertz CT molecular complexity index is 380. The predicted molar refractivity (Wildman–Crippen MR) is 65.8 cm³/mol. The normalized spacial score (nSPS) is 24.5. The second-order valence-corrected chi connectivity index (χ2v) is 4.19. The molecule has 0 bridgehead atoms. The Labute approximate surface area is 102 Å². The number of hydrogen-bond donors (Lipinski definition) is 1. The first-order valence-electron chi connectivity index (χ1n) is 5.89. The van der Waals surface area contributed by atoms with Crippen molar-refractivity contribution in [3.63, 3.8) is 0 Å². The summed E-state index contributed by atoms with van der Waals surface area (Å²) < 4.78 is 5.78. The molecule has 2 unspecified atom stereocenters. The van der Waals surface area contributed by atoms with Gasteiger partial charge >= 0.3 is 6.03 Å². The number of rotatable bonds is 1. The van der Waals surface area contributed by atoms with Gasteiger partial charge in [0.1, 0.15) is 6.10 Å². The molecule has 4 heteroatoms. The molecule has 0 aromatic heterocycles. The summed E-state index contributed by atoms with van der Waals surface area (Å²) >= 11 is 0. The maximum atomic E-state index is 11.7. The fraction of sp³-hybridized carbons (Fsp3) is 0.462. The first-order valence-corrected chi connectivity index (χ1v) is 5.89. The standard InChI is InChI=1S/C13H18N2O2/c1-10-12(11-6-4-3-5-7-11)17-9-8-15(10)13(16)14-2/h3-7,10,12H,8-9H2,1-2H3,(H,14,16). The lowest BCUT2D eigenvalue weighted by Gasteiger charge is -2.39. The summed E-state index contributed by atoms with van der Waals surface area (Å²) in [4.78, 5) is 13.5. The maximum Gasteiger partial charge on any atom is 0.317 e. The van der Waals surface area contributed by atoms with Crippen molar-refractivity contribution in [1.29, 1.82) is 0 Å². The summed E-state index contributed by atoms with van der Waals surface area (Å²) in [7, 11) is 1.65. The summed E-state index contributed by atoms with van der Waals surface area (Å²) in [6.07, 6.45) is -0.0396. The quantitative estimate of drug-likeness (QED) is 0.805. The van der Waals surface area contributed by atoms with Crippen LogP contribution in [-0.4, -0.2) is 37.2 Å². The summed E-state index contributed by atoms with van der Waals surface area (Å²) in [6, 6.07) is 10.0. The zero-order valence-corrected chi connectivity index (χ0v) is 10.2. The van der Waals surface area contributed by atoms with Crippen molar-refractivity contribution in [1.82, 2.24) is 10.2 Å². The number of amides is 2. The van der Waals surface area contributed by atoms with Crippen molar-refractivity contribution in [3.05, 3.63) is 35.9 Å². The minimum Gasteiger partial charge on any atom is -0.370 e. The average Bonchev–Trinajstić information content (AvgIpc) is 2.39. The molecule has 0 radical (unpaired) electrons. The number of urea groups is 1. The Balaban J connectivity index is 2.17. The fourth-order valence-corrected chi connectivity index (χ4v) is 2.23. The van der Waals surface area contributed by atoms with Crippen LogP contribution >= 0.6 is 0 Å². The summed E-state index contributed by atoms with van der Waals surface area (Å²) in [5.74, 6) is 0. The van der Waals surface area contributed by atoms with Gasteiger partial charge in [-0.3, -0.25) is 0 Å². The molecule has 1 fully saturated rings. The van der Waals surface area contributed by atoms with Gasteiger partial charge in [0.05, 0.1) is 12.6 Å². The second kappa shape index (κ2) is 5.19. The molecular weight excluding hydrogens is 216 g/mol. The van der Waals surface area contributed by atoms with Crippen molar-refractivity contribution < 1.29 is 9.53 Å². The summed E-state index contributed by atoms with van der Waals surface area (Å²) in [5.41, 5.74) is 1.12. The first-order chi connectivity index (χ1) is 8.24. The van der Waals surface area contributed by atoms with E-state index in [1.54, 1.807) is 7.05 Å². The average molecular weight is 234 g/mol. The van der Waals surface area contributed by atoms with Crippen molar-refractivity contribution in [2.24, 2.45) is 0 Å². The molecule has 4 nitrogen and oxygen atoms in total. The van der Waals surface area contributed by atoms with Crippen LogP contribution in [0.1, 0.15) is 18.6 Å². The van der Waals surface area contributed by atoms with Gasteiger partial charge < -0.3 is 15.0 Å². The molecule has 1 N–H and O–H groups in total. The number of ether oxygens (including phenoxy) is 1. The lowest BCUT2D eigenvalue weighted by Crippen LogP contribution is -2.51. The van der Waals surface area contributed by atoms with Crippen LogP contribution in [0.3, 0.4) is 0 Å². The summed E-state index contributed by atoms with van der Waals surface area (Å²) in [6.45, 7) is 3.24. The van der Waals surface area contributed by atoms with Gasteiger partial charge in [0.25, 0.3) is 0 Å². The Morgan fingerprint density at radius 3 is 2.76 bits per heavy atom. The van der Waals surface area contributed by atoms with Gasteiger partial charge in [0, 0.05) is 13.6 Å². The van der Waals surface area contributed by atoms with Crippen LogP contribution in [-0.2, 0) is 4.74 Å². The van der Waals surface area contributed by atoms with E-state index >= 15 is 0 Å². The molecule has 2 rings (SSSR count). The lowest BCUT2D eigenvalue weighted by atomic mass is 10.0. The number of morpholine rings is 1. The van der Waals surface area contributed by atoms with Crippen molar-refractivity contribution >= 4 is 6.03 Å². The zero-order chi connectivity index (χ0) is 12.3. The number of nitrogens with zero attached hydrogens (tertiary/aromatic N) is 1. The predicted octanol–water partition coefficient (Wildman–Crippen LogP) is 1.79. The molecule has 1 saturated heterocycles. The number of carbonyl (C=O) groups is 1. The van der Waals surface area contributed by atoms with E-state index in [4.69, 9.17) is 4.74 Å². The van der Waals surface area contributed by atoms with Gasteiger partial charge in [0.15, 0.2) is 0 Å². The van der Waals surface area contributed by atoms with Gasteiger partial charge in [-0.15, -0.1) is 0 Å². The minimum absolute atomic E-state index is 0.0396. The Hall–Kier alpha value is -1.55. The van der Waals surface area contributed by atoms with E-state index in [0.717, 1.165) is 5.56 Å². The molecule has 1 heterocycles. The maximum absolute atomic E-state index is 11.7.